The summed E-state index contributed by atoms with van der Waals surface area (Å²) in [4.78, 5) is 0. The Kier molecular flexibility index (Phi) is 6.82. The van der Waals surface area contributed by atoms with E-state index in [0.717, 1.165) is 23.8 Å². The number of unbranched alkanes of at least 4 members (excludes halogenated alkanes) is 1. The van der Waals surface area contributed by atoms with Crippen molar-refractivity contribution in [3.8, 4) is 0 Å². The molecule has 2 aromatic carbocycles. The molecule has 1 atom stereocenters. The van der Waals surface area contributed by atoms with Gasteiger partial charge >= 0.3 is 0 Å². The van der Waals surface area contributed by atoms with Crippen molar-refractivity contribution in [2.75, 3.05) is 17.2 Å². The Morgan fingerprint density at radius 3 is 2.09 bits per heavy atom. The summed E-state index contributed by atoms with van der Waals surface area (Å²) in [5.41, 5.74) is 3.44. The van der Waals surface area contributed by atoms with Crippen molar-refractivity contribution >= 4 is 17.1 Å². The molecule has 0 saturated carbocycles. The lowest BCUT2D eigenvalue weighted by atomic mass is 9.99. The van der Waals surface area contributed by atoms with Gasteiger partial charge in [0.1, 0.15) is 0 Å². The zero-order valence-corrected chi connectivity index (χ0v) is 13.8. The normalized spacial score (nSPS) is 11.9. The summed E-state index contributed by atoms with van der Waals surface area (Å²) in [6, 6.07) is 18.8. The quantitative estimate of drug-likeness (QED) is 0.588. The highest BCUT2D eigenvalue weighted by Crippen LogP contribution is 2.20. The molecule has 0 aliphatic heterocycles. The van der Waals surface area contributed by atoms with Crippen molar-refractivity contribution in [2.45, 2.75) is 39.5 Å². The van der Waals surface area contributed by atoms with Crippen LogP contribution in [0, 0.1) is 5.92 Å². The summed E-state index contributed by atoms with van der Waals surface area (Å²) in [5, 5.41) is 6.98. The maximum absolute atomic E-state index is 3.57. The van der Waals surface area contributed by atoms with Gasteiger partial charge in [0.25, 0.3) is 0 Å². The first-order valence-corrected chi connectivity index (χ1v) is 8.47. The van der Waals surface area contributed by atoms with Crippen molar-refractivity contribution < 1.29 is 0 Å². The van der Waals surface area contributed by atoms with Crippen LogP contribution in [0.25, 0.3) is 0 Å². The monoisotopic (exact) mass is 296 g/mol. The second-order valence-electron chi connectivity index (χ2n) is 5.87. The third-order valence-corrected chi connectivity index (χ3v) is 4.09. The topological polar surface area (TPSA) is 24.1 Å². The molecular weight excluding hydrogens is 268 g/mol. The molecule has 1 unspecified atom stereocenters. The van der Waals surface area contributed by atoms with Crippen LogP contribution in [0.3, 0.4) is 0 Å². The Morgan fingerprint density at radius 2 is 1.45 bits per heavy atom. The molecular formula is C20H28N2. The van der Waals surface area contributed by atoms with Gasteiger partial charge in [0.2, 0.25) is 0 Å². The first-order chi connectivity index (χ1) is 10.8. The molecule has 0 bridgehead atoms. The molecule has 0 heterocycles. The van der Waals surface area contributed by atoms with Gasteiger partial charge in [-0.3, -0.25) is 0 Å². The number of hydrogen-bond donors (Lipinski definition) is 2. The van der Waals surface area contributed by atoms with Crippen LogP contribution in [0.1, 0.15) is 39.5 Å². The van der Waals surface area contributed by atoms with E-state index in [1.54, 1.807) is 0 Å². The van der Waals surface area contributed by atoms with Gasteiger partial charge in [-0.1, -0.05) is 51.3 Å². The molecule has 118 valence electrons. The number of nitrogens with one attached hydrogen (secondary N) is 2. The molecule has 0 aliphatic rings. The highest BCUT2D eigenvalue weighted by molar-refractivity contribution is 5.62. The van der Waals surface area contributed by atoms with Crippen LogP contribution in [0.2, 0.25) is 0 Å². The van der Waals surface area contributed by atoms with Gasteiger partial charge in [0, 0.05) is 23.6 Å². The average molecular weight is 296 g/mol. The zero-order valence-electron chi connectivity index (χ0n) is 13.8. The van der Waals surface area contributed by atoms with Crippen LogP contribution in [0.15, 0.2) is 54.6 Å². The van der Waals surface area contributed by atoms with Crippen LogP contribution >= 0.6 is 0 Å². The fourth-order valence-electron chi connectivity index (χ4n) is 2.57. The van der Waals surface area contributed by atoms with Gasteiger partial charge in [-0.25, -0.2) is 0 Å². The SMILES string of the molecule is CCCCC(CC)CNc1ccc(Nc2ccccc2)cc1. The minimum absolute atomic E-state index is 0.780. The van der Waals surface area contributed by atoms with Crippen LogP contribution in [-0.4, -0.2) is 6.54 Å². The van der Waals surface area contributed by atoms with Gasteiger partial charge in [0.05, 0.1) is 0 Å². The van der Waals surface area contributed by atoms with E-state index in [1.807, 2.05) is 18.2 Å². The Morgan fingerprint density at radius 1 is 0.818 bits per heavy atom. The van der Waals surface area contributed by atoms with E-state index in [2.05, 4.69) is 60.9 Å². The summed E-state index contributed by atoms with van der Waals surface area (Å²) in [6.45, 7) is 5.62. The molecule has 2 rings (SSSR count). The summed E-state index contributed by atoms with van der Waals surface area (Å²) in [7, 11) is 0. The maximum Gasteiger partial charge on any atom is 0.0385 e. The number of para-hydroxylation sites is 1. The molecule has 0 aliphatic carbocycles. The van der Waals surface area contributed by atoms with Gasteiger partial charge < -0.3 is 10.6 Å². The minimum atomic E-state index is 0.780. The largest absolute Gasteiger partial charge is 0.385 e. The van der Waals surface area contributed by atoms with Gasteiger partial charge in [0.15, 0.2) is 0 Å². The molecule has 0 fully saturated rings. The first-order valence-electron chi connectivity index (χ1n) is 8.47. The zero-order chi connectivity index (χ0) is 15.6. The molecule has 0 aromatic heterocycles. The molecule has 0 radical (unpaired) electrons. The number of rotatable bonds is 9. The molecule has 2 heteroatoms. The van der Waals surface area contributed by atoms with E-state index < -0.39 is 0 Å². The second kappa shape index (κ2) is 9.14. The third kappa shape index (κ3) is 5.44. The highest BCUT2D eigenvalue weighted by atomic mass is 14.9. The predicted molar refractivity (Wildman–Crippen MR) is 98.0 cm³/mol. The summed E-state index contributed by atoms with van der Waals surface area (Å²) in [6.07, 6.45) is 5.20. The first kappa shape index (κ1) is 16.4. The average Bonchev–Trinajstić information content (AvgIpc) is 2.57. The second-order valence-corrected chi connectivity index (χ2v) is 5.87. The van der Waals surface area contributed by atoms with E-state index in [4.69, 9.17) is 0 Å². The van der Waals surface area contributed by atoms with E-state index in [9.17, 15) is 0 Å². The van der Waals surface area contributed by atoms with Crippen molar-refractivity contribution in [1.82, 2.24) is 0 Å². The van der Waals surface area contributed by atoms with E-state index in [0.29, 0.717) is 0 Å². The molecule has 2 aromatic rings. The maximum atomic E-state index is 3.57. The van der Waals surface area contributed by atoms with Crippen LogP contribution < -0.4 is 10.6 Å². The van der Waals surface area contributed by atoms with Gasteiger partial charge in [-0.2, -0.15) is 0 Å². The lowest BCUT2D eigenvalue weighted by molar-refractivity contribution is 0.473. The number of hydrogen-bond acceptors (Lipinski definition) is 2. The van der Waals surface area contributed by atoms with Crippen molar-refractivity contribution in [3.05, 3.63) is 54.6 Å². The van der Waals surface area contributed by atoms with E-state index >= 15 is 0 Å². The Bertz CT molecular complexity index is 519. The van der Waals surface area contributed by atoms with Crippen LogP contribution in [0.5, 0.6) is 0 Å². The van der Waals surface area contributed by atoms with E-state index in [-0.39, 0.29) is 0 Å². The Hall–Kier alpha value is -1.96. The smallest absolute Gasteiger partial charge is 0.0385 e. The minimum Gasteiger partial charge on any atom is -0.385 e. The van der Waals surface area contributed by atoms with Crippen molar-refractivity contribution in [3.63, 3.8) is 0 Å². The highest BCUT2D eigenvalue weighted by Gasteiger charge is 2.05. The summed E-state index contributed by atoms with van der Waals surface area (Å²) >= 11 is 0. The summed E-state index contributed by atoms with van der Waals surface area (Å²) in [5.74, 6) is 0.780. The fraction of sp³-hybridized carbons (Fsp3) is 0.400. The third-order valence-electron chi connectivity index (χ3n) is 4.09. The van der Waals surface area contributed by atoms with Crippen molar-refractivity contribution in [2.24, 2.45) is 5.92 Å². The molecule has 0 saturated heterocycles. The van der Waals surface area contributed by atoms with Gasteiger partial charge in [-0.05, 0) is 48.7 Å². The predicted octanol–water partition coefficient (Wildman–Crippen LogP) is 6.06. The molecule has 0 amide bonds. The summed E-state index contributed by atoms with van der Waals surface area (Å²) < 4.78 is 0. The number of benzene rings is 2. The number of anilines is 3. The Labute approximate surface area is 135 Å². The van der Waals surface area contributed by atoms with Gasteiger partial charge in [-0.15, -0.1) is 0 Å². The van der Waals surface area contributed by atoms with Crippen LogP contribution in [0.4, 0.5) is 17.1 Å². The molecule has 0 spiro atoms. The fourth-order valence-corrected chi connectivity index (χ4v) is 2.57. The lowest BCUT2D eigenvalue weighted by Gasteiger charge is -2.16. The van der Waals surface area contributed by atoms with Crippen molar-refractivity contribution in [1.29, 1.82) is 0 Å². The molecule has 2 nitrogen and oxygen atoms in total. The van der Waals surface area contributed by atoms with Crippen LogP contribution in [-0.2, 0) is 0 Å². The molecule has 22 heavy (non-hydrogen) atoms. The lowest BCUT2D eigenvalue weighted by Crippen LogP contribution is -2.13. The van der Waals surface area contributed by atoms with E-state index in [1.165, 1.54) is 31.4 Å². The molecule has 2 N–H and O–H groups in total. The standard InChI is InChI=1S/C20H28N2/c1-3-5-9-17(4-2)16-21-18-12-14-20(15-13-18)22-19-10-7-6-8-11-19/h6-8,10-15,17,21-22H,3-5,9,16H2,1-2H3. The Balaban J connectivity index is 1.83.